The third-order valence-corrected chi connectivity index (χ3v) is 6.09. The highest BCUT2D eigenvalue weighted by Crippen LogP contribution is 2.52. The van der Waals surface area contributed by atoms with E-state index >= 15 is 0 Å². The molecule has 1 aromatic rings. The van der Waals surface area contributed by atoms with Crippen LogP contribution in [0.2, 0.25) is 0 Å². The second kappa shape index (κ2) is 6.49. The summed E-state index contributed by atoms with van der Waals surface area (Å²) in [5, 5.41) is 11.4. The number of carbonyl (C=O) groups excluding carboxylic acids is 3. The van der Waals surface area contributed by atoms with Crippen LogP contribution in [0.15, 0.2) is 42.6 Å². The van der Waals surface area contributed by atoms with Gasteiger partial charge in [-0.1, -0.05) is 36.9 Å². The maximum Gasteiger partial charge on any atom is 0.325 e. The van der Waals surface area contributed by atoms with Crippen LogP contribution < -0.4 is 5.32 Å². The number of rotatable bonds is 6. The summed E-state index contributed by atoms with van der Waals surface area (Å²) < 4.78 is 3.53. The zero-order valence-electron chi connectivity index (χ0n) is 13.7. The topological polar surface area (TPSA) is 113 Å². The molecule has 136 valence electrons. The smallest absolute Gasteiger partial charge is 0.325 e. The Labute approximate surface area is 153 Å². The maximum absolute atomic E-state index is 12.5. The molecule has 2 fully saturated rings. The average Bonchev–Trinajstić information content (AvgIpc) is 2.87. The van der Waals surface area contributed by atoms with Crippen molar-refractivity contribution in [2.75, 3.05) is 0 Å². The fraction of sp³-hybridized carbons (Fsp3) is 0.294. The van der Waals surface area contributed by atoms with Crippen LogP contribution in [0.3, 0.4) is 0 Å². The monoisotopic (exact) mass is 376 g/mol. The number of amides is 2. The molecule has 2 aliphatic rings. The van der Waals surface area contributed by atoms with Gasteiger partial charge in [-0.25, -0.2) is 0 Å². The van der Waals surface area contributed by atoms with Crippen molar-refractivity contribution in [1.29, 1.82) is 0 Å². The number of benzene rings is 1. The molecule has 2 saturated heterocycles. The van der Waals surface area contributed by atoms with E-state index in [4.69, 9.17) is 4.74 Å². The molecule has 0 radical (unpaired) electrons. The fourth-order valence-corrected chi connectivity index (χ4v) is 4.40. The van der Waals surface area contributed by atoms with Crippen LogP contribution in [0, 0.1) is 0 Å². The Morgan fingerprint density at radius 1 is 1.42 bits per heavy atom. The van der Waals surface area contributed by atoms with E-state index in [2.05, 4.69) is 11.9 Å². The van der Waals surface area contributed by atoms with Crippen molar-refractivity contribution < 1.29 is 29.0 Å². The number of carboxylic acids is 1. The van der Waals surface area contributed by atoms with Crippen LogP contribution in [-0.4, -0.2) is 50.4 Å². The predicted octanol–water partition coefficient (Wildman–Crippen LogP) is 0.658. The van der Waals surface area contributed by atoms with Crippen LogP contribution in [0.1, 0.15) is 18.6 Å². The van der Waals surface area contributed by atoms with E-state index in [1.807, 2.05) is 0 Å². The quantitative estimate of drug-likeness (QED) is 0.554. The molecule has 4 atom stereocenters. The molecule has 0 aliphatic carbocycles. The minimum Gasteiger partial charge on any atom is -0.480 e. The Morgan fingerprint density at radius 3 is 2.65 bits per heavy atom. The molecule has 2 aliphatic heterocycles. The second-order valence-electron chi connectivity index (χ2n) is 6.01. The van der Waals surface area contributed by atoms with Gasteiger partial charge in [0.2, 0.25) is 6.10 Å². The minimum atomic E-state index is -1.34. The molecular weight excluding hydrogens is 360 g/mol. The van der Waals surface area contributed by atoms with Gasteiger partial charge in [-0.3, -0.25) is 24.1 Å². The first-order valence-corrected chi connectivity index (χ1v) is 8.57. The first-order valence-electron chi connectivity index (χ1n) is 7.69. The summed E-state index contributed by atoms with van der Waals surface area (Å²) in [5.74, 6) is -2.20. The lowest BCUT2D eigenvalue weighted by atomic mass is 10.00. The van der Waals surface area contributed by atoms with Crippen molar-refractivity contribution in [2.24, 2.45) is 0 Å². The first-order chi connectivity index (χ1) is 12.3. The number of β-lactam (4-membered cyclic amide) rings is 1. The van der Waals surface area contributed by atoms with Gasteiger partial charge in [0.05, 0.1) is 0 Å². The number of nitrogens with zero attached hydrogens (tertiary/aromatic N) is 1. The third kappa shape index (κ3) is 2.64. The Morgan fingerprint density at radius 2 is 2.08 bits per heavy atom. The Balaban J connectivity index is 1.76. The maximum atomic E-state index is 12.5. The molecule has 0 saturated carbocycles. The number of fused-ring (bicyclic) bond motifs is 1. The number of carbonyl (C=O) groups is 4. The van der Waals surface area contributed by atoms with Gasteiger partial charge in [0, 0.05) is 11.3 Å². The van der Waals surface area contributed by atoms with Gasteiger partial charge in [0.1, 0.15) is 11.4 Å². The highest BCUT2D eigenvalue weighted by molar-refractivity contribution is 8.02. The molecule has 8 nitrogen and oxygen atoms in total. The minimum absolute atomic E-state index is 0.166. The number of ether oxygens (including phenoxy) is 1. The summed E-state index contributed by atoms with van der Waals surface area (Å²) >= 11 is 1.03. The summed E-state index contributed by atoms with van der Waals surface area (Å²) in [6.07, 6.45) is -1.20. The molecular formula is C17H16N2O6S. The summed E-state index contributed by atoms with van der Waals surface area (Å²) in [6.45, 7) is 5.34. The lowest BCUT2D eigenvalue weighted by Gasteiger charge is -2.42. The molecule has 3 unspecified atom stereocenters. The van der Waals surface area contributed by atoms with E-state index in [1.165, 1.54) is 11.8 Å². The normalized spacial score (nSPS) is 28.0. The van der Waals surface area contributed by atoms with Gasteiger partial charge in [0.25, 0.3) is 18.3 Å². The Bertz CT molecular complexity index is 798. The molecule has 0 bridgehead atoms. The fourth-order valence-electron chi connectivity index (χ4n) is 2.92. The van der Waals surface area contributed by atoms with Crippen molar-refractivity contribution in [1.82, 2.24) is 10.2 Å². The van der Waals surface area contributed by atoms with Crippen LogP contribution in [0.5, 0.6) is 0 Å². The van der Waals surface area contributed by atoms with Crippen LogP contribution >= 0.6 is 11.8 Å². The Kier molecular flexibility index (Phi) is 4.49. The first kappa shape index (κ1) is 18.0. The van der Waals surface area contributed by atoms with Gasteiger partial charge in [0.15, 0.2) is 4.75 Å². The third-order valence-electron chi connectivity index (χ3n) is 4.48. The largest absolute Gasteiger partial charge is 0.480 e. The molecule has 2 amide bonds. The van der Waals surface area contributed by atoms with Crippen molar-refractivity contribution in [2.45, 2.75) is 29.2 Å². The number of nitrogens with one attached hydrogen (secondary N) is 1. The summed E-state index contributed by atoms with van der Waals surface area (Å²) in [4.78, 5) is 48.4. The zero-order chi connectivity index (χ0) is 19.1. The van der Waals surface area contributed by atoms with Crippen molar-refractivity contribution in [3.8, 4) is 0 Å². The number of carboxylic acid groups (broad SMARTS) is 1. The average molecular weight is 376 g/mol. The lowest BCUT2D eigenvalue weighted by molar-refractivity contribution is -0.151. The van der Waals surface area contributed by atoms with Crippen LogP contribution in [-0.2, 0) is 23.9 Å². The van der Waals surface area contributed by atoms with Gasteiger partial charge < -0.3 is 15.2 Å². The van der Waals surface area contributed by atoms with Crippen molar-refractivity contribution in [3.63, 3.8) is 0 Å². The van der Waals surface area contributed by atoms with Crippen LogP contribution in [0.25, 0.3) is 0 Å². The van der Waals surface area contributed by atoms with E-state index in [1.54, 1.807) is 30.3 Å². The number of thioether (sulfide) groups is 1. The van der Waals surface area contributed by atoms with Gasteiger partial charge >= 0.3 is 5.97 Å². The zero-order valence-corrected chi connectivity index (χ0v) is 14.6. The summed E-state index contributed by atoms with van der Waals surface area (Å²) in [6, 6.07) is 7.46. The van der Waals surface area contributed by atoms with E-state index in [-0.39, 0.29) is 12.2 Å². The molecule has 2 N–H and O–H groups in total. The molecule has 0 aromatic heterocycles. The molecule has 26 heavy (non-hydrogen) atoms. The Hall–Kier alpha value is -2.81. The van der Waals surface area contributed by atoms with Crippen molar-refractivity contribution in [3.05, 3.63) is 48.2 Å². The number of hydrogen-bond donors (Lipinski definition) is 2. The lowest BCUT2D eigenvalue weighted by Crippen LogP contribution is -2.67. The molecule has 0 spiro atoms. The molecule has 3 rings (SSSR count). The molecule has 9 heteroatoms. The summed E-state index contributed by atoms with van der Waals surface area (Å²) in [7, 11) is 0. The number of hydrogen-bond acceptors (Lipinski definition) is 6. The van der Waals surface area contributed by atoms with E-state index in [0.29, 0.717) is 5.56 Å². The van der Waals surface area contributed by atoms with Gasteiger partial charge in [-0.05, 0) is 6.92 Å². The van der Waals surface area contributed by atoms with Crippen LogP contribution in [0.4, 0.5) is 0 Å². The van der Waals surface area contributed by atoms with E-state index < -0.39 is 40.1 Å². The van der Waals surface area contributed by atoms with E-state index in [9.17, 15) is 24.3 Å². The summed E-state index contributed by atoms with van der Waals surface area (Å²) in [5.41, 5.74) is 0.638. The van der Waals surface area contributed by atoms with Crippen molar-refractivity contribution >= 4 is 36.0 Å². The van der Waals surface area contributed by atoms with Gasteiger partial charge in [-0.2, -0.15) is 0 Å². The predicted molar refractivity (Wildman–Crippen MR) is 91.7 cm³/mol. The highest BCUT2D eigenvalue weighted by Gasteiger charge is 2.63. The molecule has 2 heterocycles. The van der Waals surface area contributed by atoms with E-state index in [0.717, 1.165) is 11.8 Å². The standard InChI is InChI=1S/C17H16N2O6S/c1-9-17(2,16(23)24)26-15-11(14(22)19(9)15)18-13(21)12(25-8-20)10-6-4-3-5-7-10/h3-8,11-12,15H,1H2,2H3,(H,18,21)(H,23,24)/t11?,12?,15-,17?/m1/s1. The highest BCUT2D eigenvalue weighted by atomic mass is 32.2. The second-order valence-corrected chi connectivity index (χ2v) is 7.55. The van der Waals surface area contributed by atoms with Gasteiger partial charge in [-0.15, -0.1) is 11.8 Å². The SMILES string of the molecule is C=C1N2C(=O)C(NC(=O)C(OC=O)c3ccccc3)[C@H]2SC1(C)C(=O)O. The number of aliphatic carboxylic acids is 1. The molecule has 1 aromatic carbocycles.